The molecule has 0 radical (unpaired) electrons. The molecule has 0 amide bonds. The quantitative estimate of drug-likeness (QED) is 0.480. The molecule has 0 bridgehead atoms. The first-order valence-electron chi connectivity index (χ1n) is 7.00. The first-order chi connectivity index (χ1) is 10.8. The van der Waals surface area contributed by atoms with Crippen molar-refractivity contribution in [2.45, 2.75) is 13.3 Å². The third-order valence-electron chi connectivity index (χ3n) is 3.62. The molecule has 24 heavy (non-hydrogen) atoms. The normalized spacial score (nSPS) is 11.5. The molecule has 3 rings (SSSR count). The molecule has 1 aromatic carbocycles. The fourth-order valence-corrected chi connectivity index (χ4v) is 3.17. The standard InChI is InChI=1S/C16H15ClN2O3S.Na/c1-11-8-15-16(19(11)14-4-2-13(17)3-5-14)9-12(10-18-15)6-7-23(20,21)22;/h2-5,8-10H,6-7H2,1H3,(H,20,21,22);/q;+1/p-1. The van der Waals surface area contributed by atoms with E-state index in [9.17, 15) is 13.0 Å². The van der Waals surface area contributed by atoms with E-state index in [4.69, 9.17) is 11.6 Å². The minimum atomic E-state index is -4.24. The summed E-state index contributed by atoms with van der Waals surface area (Å²) in [5.41, 5.74) is 4.34. The second-order valence-corrected chi connectivity index (χ2v) is 7.32. The van der Waals surface area contributed by atoms with Crippen molar-refractivity contribution < 1.29 is 42.5 Å². The molecule has 5 nitrogen and oxygen atoms in total. The number of hydrogen-bond acceptors (Lipinski definition) is 4. The minimum Gasteiger partial charge on any atom is -0.748 e. The number of hydrogen-bond donors (Lipinski definition) is 0. The van der Waals surface area contributed by atoms with Gasteiger partial charge < -0.3 is 9.12 Å². The summed E-state index contributed by atoms with van der Waals surface area (Å²) in [6.45, 7) is 1.97. The van der Waals surface area contributed by atoms with Crippen molar-refractivity contribution in [3.8, 4) is 5.69 Å². The molecule has 2 heterocycles. The van der Waals surface area contributed by atoms with Gasteiger partial charge in [-0.2, -0.15) is 0 Å². The van der Waals surface area contributed by atoms with Gasteiger partial charge in [-0.05, 0) is 55.3 Å². The molecule has 120 valence electrons. The molecule has 0 N–H and O–H groups in total. The van der Waals surface area contributed by atoms with Gasteiger partial charge >= 0.3 is 29.6 Å². The molecule has 0 saturated heterocycles. The van der Waals surface area contributed by atoms with Crippen molar-refractivity contribution in [1.29, 1.82) is 0 Å². The van der Waals surface area contributed by atoms with E-state index < -0.39 is 15.9 Å². The molecule has 3 aromatic rings. The van der Waals surface area contributed by atoms with Gasteiger partial charge in [0.2, 0.25) is 0 Å². The Morgan fingerprint density at radius 3 is 2.50 bits per heavy atom. The Kier molecular flexibility index (Phi) is 6.12. The van der Waals surface area contributed by atoms with Gasteiger partial charge in [-0.1, -0.05) is 11.6 Å². The van der Waals surface area contributed by atoms with Gasteiger partial charge in [-0.3, -0.25) is 4.98 Å². The van der Waals surface area contributed by atoms with Crippen LogP contribution < -0.4 is 29.6 Å². The summed E-state index contributed by atoms with van der Waals surface area (Å²) in [5, 5.41) is 0.655. The maximum absolute atomic E-state index is 10.8. The van der Waals surface area contributed by atoms with Gasteiger partial charge in [-0.15, -0.1) is 0 Å². The Balaban J connectivity index is 0.00000208. The van der Waals surface area contributed by atoms with Crippen LogP contribution in [0.3, 0.4) is 0 Å². The van der Waals surface area contributed by atoms with Gasteiger partial charge in [0.25, 0.3) is 0 Å². The number of aryl methyl sites for hydroxylation is 2. The average molecular weight is 373 g/mol. The SMILES string of the molecule is Cc1cc2ncc(CCS(=O)(=O)[O-])cc2n1-c1ccc(Cl)cc1.[Na+]. The molecule has 0 fully saturated rings. The van der Waals surface area contributed by atoms with Gasteiger partial charge in [0, 0.05) is 28.4 Å². The fourth-order valence-electron chi connectivity index (χ4n) is 2.56. The van der Waals surface area contributed by atoms with Crippen LogP contribution in [-0.2, 0) is 16.5 Å². The van der Waals surface area contributed by atoms with Crippen LogP contribution in [0, 0.1) is 6.92 Å². The largest absolute Gasteiger partial charge is 1.00 e. The number of nitrogens with zero attached hydrogens (tertiary/aromatic N) is 2. The van der Waals surface area contributed by atoms with Crippen molar-refractivity contribution >= 4 is 32.8 Å². The second-order valence-electron chi connectivity index (χ2n) is 5.36. The van der Waals surface area contributed by atoms with Crippen LogP contribution in [0.4, 0.5) is 0 Å². The number of benzene rings is 1. The molecule has 0 aliphatic rings. The topological polar surface area (TPSA) is 75.0 Å². The molecule has 0 aliphatic heterocycles. The summed E-state index contributed by atoms with van der Waals surface area (Å²) >= 11 is 5.93. The van der Waals surface area contributed by atoms with E-state index in [0.717, 1.165) is 22.4 Å². The smallest absolute Gasteiger partial charge is 0.748 e. The number of pyridine rings is 1. The molecular weight excluding hydrogens is 359 g/mol. The summed E-state index contributed by atoms with van der Waals surface area (Å²) in [5.74, 6) is -0.430. The Bertz CT molecular complexity index is 969. The monoisotopic (exact) mass is 372 g/mol. The third kappa shape index (κ3) is 4.39. The zero-order valence-corrected chi connectivity index (χ0v) is 16.9. The number of halogens is 1. The Morgan fingerprint density at radius 1 is 1.21 bits per heavy atom. The second kappa shape index (κ2) is 7.56. The van der Waals surface area contributed by atoms with E-state index in [2.05, 4.69) is 4.98 Å². The minimum absolute atomic E-state index is 0. The summed E-state index contributed by atoms with van der Waals surface area (Å²) in [4.78, 5) is 4.36. The Hall–Kier alpha value is -0.890. The molecule has 0 spiro atoms. The van der Waals surface area contributed by atoms with Gasteiger partial charge in [-0.25, -0.2) is 8.42 Å². The van der Waals surface area contributed by atoms with Crippen LogP contribution in [0.2, 0.25) is 5.02 Å². The first kappa shape index (κ1) is 19.4. The maximum atomic E-state index is 10.8. The van der Waals surface area contributed by atoms with Crippen molar-refractivity contribution in [2.24, 2.45) is 0 Å². The summed E-state index contributed by atoms with van der Waals surface area (Å²) in [7, 11) is -4.24. The van der Waals surface area contributed by atoms with Crippen LogP contribution in [0.1, 0.15) is 11.3 Å². The summed E-state index contributed by atoms with van der Waals surface area (Å²) < 4.78 is 34.4. The third-order valence-corrected chi connectivity index (χ3v) is 4.57. The Labute approximate surface area is 167 Å². The summed E-state index contributed by atoms with van der Waals surface area (Å²) in [6.07, 6.45) is 1.76. The molecule has 0 aliphatic carbocycles. The predicted octanol–water partition coefficient (Wildman–Crippen LogP) is 0.0790. The van der Waals surface area contributed by atoms with E-state index >= 15 is 0 Å². The van der Waals surface area contributed by atoms with Crippen LogP contribution in [-0.4, -0.2) is 28.3 Å². The van der Waals surface area contributed by atoms with Crippen molar-refractivity contribution in [3.05, 3.63) is 58.9 Å². The molecule has 0 unspecified atom stereocenters. The van der Waals surface area contributed by atoms with Gasteiger partial charge in [0.15, 0.2) is 0 Å². The molecule has 2 aromatic heterocycles. The van der Waals surface area contributed by atoms with E-state index in [1.165, 1.54) is 0 Å². The van der Waals surface area contributed by atoms with E-state index in [1.807, 2.05) is 47.9 Å². The van der Waals surface area contributed by atoms with Crippen molar-refractivity contribution in [1.82, 2.24) is 9.55 Å². The van der Waals surface area contributed by atoms with Crippen molar-refractivity contribution in [3.63, 3.8) is 0 Å². The molecule has 8 heteroatoms. The van der Waals surface area contributed by atoms with E-state index in [0.29, 0.717) is 10.6 Å². The van der Waals surface area contributed by atoms with Crippen LogP contribution in [0.25, 0.3) is 16.7 Å². The molecule has 0 atom stereocenters. The number of rotatable bonds is 4. The maximum Gasteiger partial charge on any atom is 1.00 e. The van der Waals surface area contributed by atoms with E-state index in [-0.39, 0.29) is 36.0 Å². The predicted molar refractivity (Wildman–Crippen MR) is 89.1 cm³/mol. The van der Waals surface area contributed by atoms with Crippen molar-refractivity contribution in [2.75, 3.05) is 5.75 Å². The zero-order valence-electron chi connectivity index (χ0n) is 13.4. The van der Waals surface area contributed by atoms with E-state index in [1.54, 1.807) is 6.20 Å². The summed E-state index contributed by atoms with van der Waals surface area (Å²) in [6, 6.07) is 11.3. The molecular formula is C16H14ClN2NaO3S. The number of fused-ring (bicyclic) bond motifs is 1. The first-order valence-corrected chi connectivity index (χ1v) is 8.95. The zero-order chi connectivity index (χ0) is 16.6. The van der Waals surface area contributed by atoms with Gasteiger partial charge in [0.05, 0.1) is 21.2 Å². The van der Waals surface area contributed by atoms with Crippen LogP contribution in [0.15, 0.2) is 42.6 Å². The molecule has 0 saturated carbocycles. The average Bonchev–Trinajstić information content (AvgIpc) is 2.81. The van der Waals surface area contributed by atoms with Gasteiger partial charge in [0.1, 0.15) is 0 Å². The van der Waals surface area contributed by atoms with Crippen LogP contribution >= 0.6 is 11.6 Å². The fraction of sp³-hybridized carbons (Fsp3) is 0.188. The van der Waals surface area contributed by atoms with Crippen LogP contribution in [0.5, 0.6) is 0 Å². The number of aromatic nitrogens is 2. The Morgan fingerprint density at radius 2 is 1.88 bits per heavy atom.